The average Bonchev–Trinajstić information content (AvgIpc) is 2.96. The monoisotopic (exact) mass is 670 g/mol. The molecule has 0 radical (unpaired) electrons. The molecule has 3 N–H and O–H groups in total. The summed E-state index contributed by atoms with van der Waals surface area (Å²) in [4.78, 5) is 0. The van der Waals surface area contributed by atoms with Crippen molar-refractivity contribution in [2.75, 3.05) is 27.9 Å². The molecule has 0 saturated carbocycles. The Labute approximate surface area is 235 Å². The predicted octanol–water partition coefficient (Wildman–Crippen LogP) is 7.66. The third-order valence-corrected chi connectivity index (χ3v) is 5.01. The van der Waals surface area contributed by atoms with Crippen molar-refractivity contribution >= 4 is 0 Å². The van der Waals surface area contributed by atoms with E-state index in [2.05, 4.69) is 93.1 Å². The van der Waals surface area contributed by atoms with Gasteiger partial charge in [0.2, 0.25) is 0 Å². The van der Waals surface area contributed by atoms with Crippen LogP contribution in [-0.4, -0.2) is 43.3 Å². The van der Waals surface area contributed by atoms with Gasteiger partial charge in [0.1, 0.15) is 5.75 Å². The standard InChI is InChI=1S/2C10H14.C6H6O.C3H8O.2CH4O.W/c2*1-3-9(2)10-7-5-4-6-8-10;7-6-4-2-1-3-5-6;1-3-4-2;2*1-2;/h2*4-9H,3H2,1-2H3;1-5,7H;3H2,1-2H3;2*2H,1H3;. The molecule has 5 heteroatoms. The molecule has 0 spiro atoms. The molecule has 4 nitrogen and oxygen atoms in total. The van der Waals surface area contributed by atoms with E-state index in [0.717, 1.165) is 20.8 Å². The van der Waals surface area contributed by atoms with Crippen LogP contribution in [0.15, 0.2) is 91.0 Å². The molecule has 0 aliphatic rings. The van der Waals surface area contributed by atoms with E-state index in [-0.39, 0.29) is 21.1 Å². The zero-order valence-corrected chi connectivity index (χ0v) is 26.5. The van der Waals surface area contributed by atoms with E-state index in [1.807, 2.05) is 13.0 Å². The van der Waals surface area contributed by atoms with Crippen LogP contribution in [0.4, 0.5) is 0 Å². The molecule has 2 atom stereocenters. The van der Waals surface area contributed by atoms with Gasteiger partial charge in [0.05, 0.1) is 0 Å². The molecular weight excluding hydrogens is 620 g/mol. The second-order valence-corrected chi connectivity index (χ2v) is 7.35. The Morgan fingerprint density at radius 3 is 1.00 bits per heavy atom. The van der Waals surface area contributed by atoms with E-state index in [1.54, 1.807) is 31.4 Å². The molecule has 0 amide bonds. The third kappa shape index (κ3) is 25.1. The Morgan fingerprint density at radius 1 is 0.583 bits per heavy atom. The van der Waals surface area contributed by atoms with Crippen molar-refractivity contribution in [1.29, 1.82) is 0 Å². The van der Waals surface area contributed by atoms with Crippen LogP contribution in [0.2, 0.25) is 0 Å². The maximum Gasteiger partial charge on any atom is 0.115 e. The molecule has 0 aromatic heterocycles. The number of rotatable bonds is 5. The predicted molar refractivity (Wildman–Crippen MR) is 152 cm³/mol. The zero-order chi connectivity index (χ0) is 27.3. The largest absolute Gasteiger partial charge is 0.508 e. The number of phenolic OH excluding ortho intramolecular Hbond substituents is 1. The Hall–Kier alpha value is -1.97. The number of aliphatic hydroxyl groups is 2. The second-order valence-electron chi connectivity index (χ2n) is 7.35. The van der Waals surface area contributed by atoms with Crippen LogP contribution in [0.5, 0.6) is 5.75 Å². The molecule has 0 bridgehead atoms. The summed E-state index contributed by atoms with van der Waals surface area (Å²) in [7, 11) is 3.68. The Balaban J connectivity index is -0.000000186. The first-order chi connectivity index (χ1) is 17.0. The number of hydrogen-bond donors (Lipinski definition) is 3. The van der Waals surface area contributed by atoms with E-state index >= 15 is 0 Å². The van der Waals surface area contributed by atoms with Gasteiger partial charge in [0, 0.05) is 49.0 Å². The van der Waals surface area contributed by atoms with Gasteiger partial charge in [-0.05, 0) is 54.9 Å². The van der Waals surface area contributed by atoms with Crippen LogP contribution in [0.25, 0.3) is 0 Å². The SMILES string of the molecule is CCC(C)c1ccccc1.CCC(C)c1ccccc1.CCOC.CO.CO.Oc1ccccc1.[W]. The molecule has 36 heavy (non-hydrogen) atoms. The number of methoxy groups -OCH3 is 1. The molecule has 0 saturated heterocycles. The van der Waals surface area contributed by atoms with Gasteiger partial charge in [0.15, 0.2) is 0 Å². The first-order valence-corrected chi connectivity index (χ1v) is 12.2. The van der Waals surface area contributed by atoms with E-state index in [0.29, 0.717) is 17.6 Å². The summed E-state index contributed by atoms with van der Waals surface area (Å²) in [5.41, 5.74) is 2.90. The molecule has 2 unspecified atom stereocenters. The summed E-state index contributed by atoms with van der Waals surface area (Å²) < 4.78 is 4.54. The minimum Gasteiger partial charge on any atom is -0.508 e. The topological polar surface area (TPSA) is 69.9 Å². The fourth-order valence-corrected chi connectivity index (χ4v) is 2.46. The van der Waals surface area contributed by atoms with Crippen LogP contribution in [0.3, 0.4) is 0 Å². The van der Waals surface area contributed by atoms with Crippen LogP contribution >= 0.6 is 0 Å². The minimum atomic E-state index is 0. The fraction of sp³-hybridized carbons (Fsp3) is 0.419. The minimum absolute atomic E-state index is 0. The van der Waals surface area contributed by atoms with Crippen LogP contribution < -0.4 is 0 Å². The van der Waals surface area contributed by atoms with Crippen molar-refractivity contribution in [3.8, 4) is 5.75 Å². The molecule has 3 aromatic carbocycles. The van der Waals surface area contributed by atoms with Gasteiger partial charge < -0.3 is 20.1 Å². The Bertz CT molecular complexity index is 693. The molecule has 204 valence electrons. The molecule has 0 heterocycles. The van der Waals surface area contributed by atoms with Gasteiger partial charge in [-0.3, -0.25) is 0 Å². The third-order valence-electron chi connectivity index (χ3n) is 5.01. The summed E-state index contributed by atoms with van der Waals surface area (Å²) in [5, 5.41) is 22.6. The van der Waals surface area contributed by atoms with Gasteiger partial charge in [0.25, 0.3) is 0 Å². The van der Waals surface area contributed by atoms with Gasteiger partial charge >= 0.3 is 0 Å². The second kappa shape index (κ2) is 33.0. The number of para-hydroxylation sites is 1. The van der Waals surface area contributed by atoms with Crippen LogP contribution in [0.1, 0.15) is 70.4 Å². The molecule has 0 aliphatic heterocycles. The van der Waals surface area contributed by atoms with Gasteiger partial charge in [-0.1, -0.05) is 107 Å². The summed E-state index contributed by atoms with van der Waals surface area (Å²) in [6.45, 7) is 11.7. The van der Waals surface area contributed by atoms with Crippen molar-refractivity contribution < 1.29 is 41.1 Å². The first-order valence-electron chi connectivity index (χ1n) is 12.2. The van der Waals surface area contributed by atoms with Crippen molar-refractivity contribution in [3.63, 3.8) is 0 Å². The summed E-state index contributed by atoms with van der Waals surface area (Å²) in [6.07, 6.45) is 2.45. The normalized spacial score (nSPS) is 10.1. The van der Waals surface area contributed by atoms with Crippen LogP contribution in [0, 0.1) is 0 Å². The number of hydrogen-bond acceptors (Lipinski definition) is 4. The van der Waals surface area contributed by atoms with Gasteiger partial charge in [-0.15, -0.1) is 0 Å². The van der Waals surface area contributed by atoms with Crippen molar-refractivity contribution in [2.45, 2.75) is 59.3 Å². The maximum absolute atomic E-state index is 8.63. The number of benzene rings is 3. The molecule has 3 rings (SSSR count). The molecular formula is C31H50O4W. The summed E-state index contributed by atoms with van der Waals surface area (Å²) in [5.74, 6) is 1.74. The van der Waals surface area contributed by atoms with E-state index in [4.69, 9.17) is 15.3 Å². The average molecular weight is 671 g/mol. The molecule has 0 fully saturated rings. The van der Waals surface area contributed by atoms with E-state index in [9.17, 15) is 0 Å². The van der Waals surface area contributed by atoms with Crippen molar-refractivity contribution in [1.82, 2.24) is 0 Å². The van der Waals surface area contributed by atoms with Crippen molar-refractivity contribution in [3.05, 3.63) is 102 Å². The maximum atomic E-state index is 8.63. The number of aliphatic hydroxyl groups excluding tert-OH is 2. The van der Waals surface area contributed by atoms with Crippen molar-refractivity contribution in [2.24, 2.45) is 0 Å². The summed E-state index contributed by atoms with van der Waals surface area (Å²) in [6, 6.07) is 30.0. The number of phenols is 1. The van der Waals surface area contributed by atoms with Gasteiger partial charge in [-0.2, -0.15) is 0 Å². The molecule has 3 aromatic rings. The first kappa shape index (κ1) is 41.2. The summed E-state index contributed by atoms with van der Waals surface area (Å²) >= 11 is 0. The van der Waals surface area contributed by atoms with Crippen LogP contribution in [-0.2, 0) is 25.8 Å². The Kier molecular flexibility index (Phi) is 37.8. The fourth-order valence-electron chi connectivity index (χ4n) is 2.46. The molecule has 0 aliphatic carbocycles. The number of aromatic hydroxyl groups is 1. The smallest absolute Gasteiger partial charge is 0.115 e. The van der Waals surface area contributed by atoms with E-state index < -0.39 is 0 Å². The quantitative estimate of drug-likeness (QED) is 0.261. The number of ether oxygens (including phenoxy) is 1. The van der Waals surface area contributed by atoms with E-state index in [1.165, 1.54) is 24.0 Å². The zero-order valence-electron chi connectivity index (χ0n) is 23.6. The Morgan fingerprint density at radius 2 is 0.833 bits per heavy atom. The van der Waals surface area contributed by atoms with Gasteiger partial charge in [-0.25, -0.2) is 0 Å².